The van der Waals surface area contributed by atoms with Gasteiger partial charge in [0.2, 0.25) is 0 Å². The van der Waals surface area contributed by atoms with E-state index in [0.717, 1.165) is 25.7 Å². The molecule has 0 aliphatic carbocycles. The van der Waals surface area contributed by atoms with Crippen LogP contribution in [0.1, 0.15) is 98.3 Å². The summed E-state index contributed by atoms with van der Waals surface area (Å²) in [5.74, 6) is -0.112. The van der Waals surface area contributed by atoms with Crippen LogP contribution < -0.4 is 0 Å². The summed E-state index contributed by atoms with van der Waals surface area (Å²) in [5.41, 5.74) is -0.351. The molecule has 29 heavy (non-hydrogen) atoms. The minimum atomic E-state index is -0.228. The molecule has 0 heterocycles. The highest BCUT2D eigenvalue weighted by Crippen LogP contribution is 2.29. The summed E-state index contributed by atoms with van der Waals surface area (Å²) < 4.78 is 9.40. The van der Waals surface area contributed by atoms with Crippen molar-refractivity contribution in [3.05, 3.63) is 0 Å². The van der Waals surface area contributed by atoms with Crippen molar-refractivity contribution >= 4 is 23.5 Å². The van der Waals surface area contributed by atoms with Gasteiger partial charge in [-0.1, -0.05) is 27.7 Å². The molecule has 0 amide bonds. The van der Waals surface area contributed by atoms with Gasteiger partial charge >= 0.3 is 11.9 Å². The third kappa shape index (κ3) is 14.9. The summed E-state index contributed by atoms with van der Waals surface area (Å²) in [7, 11) is 2.76. The Balaban J connectivity index is 3.92. The quantitative estimate of drug-likeness (QED) is 0.338. The Labute approximate surface area is 176 Å². The molecule has 0 atom stereocenters. The first-order valence-corrected chi connectivity index (χ1v) is 10.6. The Morgan fingerprint density at radius 1 is 0.586 bits per heavy atom. The largest absolute Gasteiger partial charge is 0.469 e. The fourth-order valence-corrected chi connectivity index (χ4v) is 3.36. The van der Waals surface area contributed by atoms with Crippen molar-refractivity contribution in [1.82, 2.24) is 0 Å². The lowest BCUT2D eigenvalue weighted by Gasteiger charge is -2.22. The van der Waals surface area contributed by atoms with E-state index in [0.29, 0.717) is 44.9 Å². The van der Waals surface area contributed by atoms with Crippen LogP contribution in [0.5, 0.6) is 0 Å². The monoisotopic (exact) mass is 412 g/mol. The second kappa shape index (κ2) is 13.5. The number of hydrogen-bond acceptors (Lipinski definition) is 6. The predicted octanol–water partition coefficient (Wildman–Crippen LogP) is 4.81. The highest BCUT2D eigenvalue weighted by atomic mass is 16.5. The summed E-state index contributed by atoms with van der Waals surface area (Å²) in [5, 5.41) is 0. The van der Waals surface area contributed by atoms with E-state index in [-0.39, 0.29) is 34.3 Å². The van der Waals surface area contributed by atoms with Gasteiger partial charge in [-0.15, -0.1) is 0 Å². The average Bonchev–Trinajstić information content (AvgIpc) is 2.60. The number of ketones is 2. The molecule has 6 nitrogen and oxygen atoms in total. The minimum absolute atomic E-state index is 0.172. The summed E-state index contributed by atoms with van der Waals surface area (Å²) in [6.45, 7) is 8.00. The number of rotatable bonds is 16. The molecular formula is C23H40O6. The Morgan fingerprint density at radius 3 is 1.21 bits per heavy atom. The molecule has 0 spiro atoms. The zero-order chi connectivity index (χ0) is 22.5. The maximum Gasteiger partial charge on any atom is 0.306 e. The van der Waals surface area contributed by atoms with Crippen molar-refractivity contribution in [3.63, 3.8) is 0 Å². The fourth-order valence-electron chi connectivity index (χ4n) is 3.36. The predicted molar refractivity (Wildman–Crippen MR) is 112 cm³/mol. The molecule has 0 saturated heterocycles. The van der Waals surface area contributed by atoms with Crippen LogP contribution >= 0.6 is 0 Å². The first-order valence-electron chi connectivity index (χ1n) is 10.6. The number of esters is 2. The fraction of sp³-hybridized carbons (Fsp3) is 0.826. The van der Waals surface area contributed by atoms with E-state index >= 15 is 0 Å². The second-order valence-electron chi connectivity index (χ2n) is 9.47. The molecule has 0 aliphatic heterocycles. The maximum absolute atomic E-state index is 12.0. The van der Waals surface area contributed by atoms with Crippen molar-refractivity contribution in [2.75, 3.05) is 14.2 Å². The third-order valence-corrected chi connectivity index (χ3v) is 5.23. The normalized spacial score (nSPS) is 11.8. The van der Waals surface area contributed by atoms with Crippen LogP contribution in [0.15, 0.2) is 0 Å². The van der Waals surface area contributed by atoms with E-state index in [2.05, 4.69) is 0 Å². The first kappa shape index (κ1) is 27.3. The number of Topliss-reactive ketones (excluding diaryl/α,β-unsaturated/α-hetero) is 2. The van der Waals surface area contributed by atoms with Crippen molar-refractivity contribution < 1.29 is 28.7 Å². The van der Waals surface area contributed by atoms with Crippen molar-refractivity contribution in [2.24, 2.45) is 10.8 Å². The Hall–Kier alpha value is -1.72. The van der Waals surface area contributed by atoms with Gasteiger partial charge in [-0.2, -0.15) is 0 Å². The van der Waals surface area contributed by atoms with E-state index in [9.17, 15) is 19.2 Å². The maximum atomic E-state index is 12.0. The summed E-state index contributed by atoms with van der Waals surface area (Å²) in [6, 6.07) is 0. The molecule has 6 heteroatoms. The Bertz CT molecular complexity index is 500. The second-order valence-corrected chi connectivity index (χ2v) is 9.47. The lowest BCUT2D eigenvalue weighted by molar-refractivity contribution is -0.144. The summed E-state index contributed by atoms with van der Waals surface area (Å²) in [6.07, 6.45) is 6.18. The highest BCUT2D eigenvalue weighted by molar-refractivity contribution is 5.81. The van der Waals surface area contributed by atoms with Gasteiger partial charge in [0.1, 0.15) is 11.6 Å². The zero-order valence-corrected chi connectivity index (χ0v) is 19.2. The number of carbonyl (C=O) groups is 4. The average molecular weight is 413 g/mol. The molecule has 0 N–H and O–H groups in total. The molecule has 0 aliphatic rings. The smallest absolute Gasteiger partial charge is 0.306 e. The zero-order valence-electron chi connectivity index (χ0n) is 19.2. The van der Waals surface area contributed by atoms with Crippen LogP contribution in [0, 0.1) is 10.8 Å². The van der Waals surface area contributed by atoms with Gasteiger partial charge in [-0.25, -0.2) is 0 Å². The van der Waals surface area contributed by atoms with E-state index in [1.54, 1.807) is 0 Å². The molecule has 0 unspecified atom stereocenters. The molecule has 0 aromatic heterocycles. The van der Waals surface area contributed by atoms with Gasteiger partial charge in [-0.3, -0.25) is 19.2 Å². The molecule has 0 saturated carbocycles. The van der Waals surface area contributed by atoms with Crippen molar-refractivity contribution in [2.45, 2.75) is 98.3 Å². The summed E-state index contributed by atoms with van der Waals surface area (Å²) in [4.78, 5) is 46.8. The third-order valence-electron chi connectivity index (χ3n) is 5.23. The number of methoxy groups -OCH3 is 2. The van der Waals surface area contributed by atoms with Crippen molar-refractivity contribution in [1.29, 1.82) is 0 Å². The van der Waals surface area contributed by atoms with Crippen LogP contribution in [0.3, 0.4) is 0 Å². The van der Waals surface area contributed by atoms with Crippen LogP contribution in [-0.4, -0.2) is 37.7 Å². The molecule has 0 fully saturated rings. The van der Waals surface area contributed by atoms with Crippen LogP contribution in [-0.2, 0) is 28.7 Å². The van der Waals surface area contributed by atoms with E-state index in [1.165, 1.54) is 14.2 Å². The van der Waals surface area contributed by atoms with Gasteiger partial charge in [0.25, 0.3) is 0 Å². The molecule has 0 aromatic rings. The number of carbonyl (C=O) groups excluding carboxylic acids is 4. The lowest BCUT2D eigenvalue weighted by Crippen LogP contribution is -2.18. The minimum Gasteiger partial charge on any atom is -0.469 e. The van der Waals surface area contributed by atoms with E-state index in [4.69, 9.17) is 9.47 Å². The van der Waals surface area contributed by atoms with Gasteiger partial charge < -0.3 is 9.47 Å². The molecule has 0 bridgehead atoms. The molecule has 0 aromatic carbocycles. The van der Waals surface area contributed by atoms with Crippen molar-refractivity contribution in [3.8, 4) is 0 Å². The van der Waals surface area contributed by atoms with E-state index in [1.807, 2.05) is 27.7 Å². The van der Waals surface area contributed by atoms with Crippen LogP contribution in [0.4, 0.5) is 0 Å². The first-order chi connectivity index (χ1) is 13.4. The molecule has 168 valence electrons. The van der Waals surface area contributed by atoms with E-state index < -0.39 is 0 Å². The van der Waals surface area contributed by atoms with Gasteiger partial charge in [0, 0.05) is 25.7 Å². The van der Waals surface area contributed by atoms with Gasteiger partial charge in [-0.05, 0) is 42.9 Å². The molecule has 0 radical (unpaired) electrons. The SMILES string of the molecule is COC(=O)CC(C)(C)CCCC(=O)CCCC(=O)CCCC(C)(C)CC(=O)OC. The lowest BCUT2D eigenvalue weighted by atomic mass is 9.83. The Kier molecular flexibility index (Phi) is 12.7. The van der Waals surface area contributed by atoms with Crippen LogP contribution in [0.25, 0.3) is 0 Å². The number of hydrogen-bond donors (Lipinski definition) is 0. The molecule has 0 rings (SSSR count). The standard InChI is InChI=1S/C23H40O6/c1-22(2,16-20(26)28-5)14-8-12-18(24)10-7-11-19(25)13-9-15-23(3,4)17-21(27)29-6/h7-17H2,1-6H3. The van der Waals surface area contributed by atoms with Crippen LogP contribution in [0.2, 0.25) is 0 Å². The van der Waals surface area contributed by atoms with Gasteiger partial charge in [0.15, 0.2) is 0 Å². The molecular weight excluding hydrogens is 372 g/mol. The highest BCUT2D eigenvalue weighted by Gasteiger charge is 2.23. The van der Waals surface area contributed by atoms with Gasteiger partial charge in [0.05, 0.1) is 27.1 Å². The topological polar surface area (TPSA) is 86.7 Å². The number of ether oxygens (including phenoxy) is 2. The summed E-state index contributed by atoms with van der Waals surface area (Å²) >= 11 is 0. The Morgan fingerprint density at radius 2 is 0.897 bits per heavy atom.